The molecule has 0 atom stereocenters. The topological polar surface area (TPSA) is 51.8 Å². The van der Waals surface area contributed by atoms with Crippen molar-refractivity contribution in [2.75, 3.05) is 0 Å². The third kappa shape index (κ3) is 5.66. The van der Waals surface area contributed by atoms with Crippen LogP contribution in [0.5, 0.6) is 0 Å². The van der Waals surface area contributed by atoms with Crippen LogP contribution in [-0.2, 0) is 0 Å². The minimum atomic E-state index is 0.554. The van der Waals surface area contributed by atoms with Crippen LogP contribution in [0.3, 0.4) is 0 Å². The Morgan fingerprint density at radius 1 is 0.281 bits per heavy atom. The van der Waals surface area contributed by atoms with Crippen molar-refractivity contribution in [3.8, 4) is 67.5 Å². The zero-order valence-corrected chi connectivity index (χ0v) is 30.8. The van der Waals surface area contributed by atoms with Gasteiger partial charge >= 0.3 is 0 Å². The molecule has 0 bridgehead atoms. The summed E-state index contributed by atoms with van der Waals surface area (Å²) in [4.78, 5) is 15.6. The summed E-state index contributed by atoms with van der Waals surface area (Å²) in [5, 5.41) is 6.46. The average Bonchev–Trinajstić information content (AvgIpc) is 3.68. The zero-order chi connectivity index (χ0) is 37.7. The molecule has 11 aromatic rings. The first kappa shape index (κ1) is 32.7. The second-order valence-electron chi connectivity index (χ2n) is 14.3. The lowest BCUT2D eigenvalue weighted by Gasteiger charge is -2.13. The molecule has 0 saturated carbocycles. The van der Waals surface area contributed by atoms with E-state index < -0.39 is 0 Å². The number of aromatic nitrogens is 3. The van der Waals surface area contributed by atoms with E-state index in [0.717, 1.165) is 82.4 Å². The van der Waals surface area contributed by atoms with Crippen molar-refractivity contribution in [2.24, 2.45) is 0 Å². The quantitative estimate of drug-likeness (QED) is 0.171. The number of nitrogens with zero attached hydrogens (tertiary/aromatic N) is 3. The van der Waals surface area contributed by atoms with E-state index in [9.17, 15) is 0 Å². The maximum Gasteiger partial charge on any atom is 0.167 e. The van der Waals surface area contributed by atoms with Gasteiger partial charge in [-0.05, 0) is 62.4 Å². The van der Waals surface area contributed by atoms with Crippen molar-refractivity contribution in [1.29, 1.82) is 0 Å². The summed E-state index contributed by atoms with van der Waals surface area (Å²) in [6.45, 7) is 0. The molecule has 9 aromatic carbocycles. The molecule has 2 aromatic heterocycles. The van der Waals surface area contributed by atoms with E-state index >= 15 is 0 Å². The smallest absolute Gasteiger partial charge is 0.167 e. The lowest BCUT2D eigenvalue weighted by molar-refractivity contribution is 0.673. The summed E-state index contributed by atoms with van der Waals surface area (Å²) < 4.78 is 6.97. The van der Waals surface area contributed by atoms with Crippen molar-refractivity contribution in [3.63, 3.8) is 0 Å². The Morgan fingerprint density at radius 3 is 1.54 bits per heavy atom. The van der Waals surface area contributed by atoms with Gasteiger partial charge < -0.3 is 4.42 Å². The Balaban J connectivity index is 1.15. The number of benzene rings is 9. The summed E-state index contributed by atoms with van der Waals surface area (Å²) >= 11 is 0. The maximum absolute atomic E-state index is 6.97. The van der Waals surface area contributed by atoms with E-state index in [4.69, 9.17) is 19.4 Å². The first-order valence-electron chi connectivity index (χ1n) is 19.2. The summed E-state index contributed by atoms with van der Waals surface area (Å²) in [5.41, 5.74) is 11.2. The molecular formula is C53H33N3O. The van der Waals surface area contributed by atoms with Crippen LogP contribution < -0.4 is 0 Å². The van der Waals surface area contributed by atoms with E-state index in [2.05, 4.69) is 164 Å². The fourth-order valence-corrected chi connectivity index (χ4v) is 8.25. The van der Waals surface area contributed by atoms with Crippen molar-refractivity contribution in [1.82, 2.24) is 15.0 Å². The van der Waals surface area contributed by atoms with Crippen LogP contribution in [0.15, 0.2) is 205 Å². The van der Waals surface area contributed by atoms with Gasteiger partial charge in [0.05, 0.1) is 5.56 Å². The molecule has 4 heteroatoms. The average molecular weight is 728 g/mol. The van der Waals surface area contributed by atoms with Gasteiger partial charge in [-0.1, -0.05) is 182 Å². The highest BCUT2D eigenvalue weighted by molar-refractivity contribution is 6.20. The molecule has 0 aliphatic rings. The Kier molecular flexibility index (Phi) is 7.78. The highest BCUT2D eigenvalue weighted by Gasteiger charge is 2.21. The molecule has 11 rings (SSSR count). The Morgan fingerprint density at radius 2 is 0.789 bits per heavy atom. The third-order valence-electron chi connectivity index (χ3n) is 10.9. The first-order valence-corrected chi connectivity index (χ1v) is 19.2. The van der Waals surface area contributed by atoms with Crippen molar-refractivity contribution in [3.05, 3.63) is 200 Å². The highest BCUT2D eigenvalue weighted by Crippen LogP contribution is 2.43. The fourth-order valence-electron chi connectivity index (χ4n) is 8.25. The standard InChI is InChI=1S/C53H33N3O/c1-4-16-34(17-5-1)38-24-12-25-39(32-38)46-33-47-43-29-15-31-45(49(43)57-50(47)42-27-11-10-26-41(42)46)53-55-51(37-20-8-3-9-21-37)54-52(56-53)44-30-14-23-36-22-13-28-40(48(36)44)35-18-6-2-7-19-35/h1-33H. The zero-order valence-electron chi connectivity index (χ0n) is 30.8. The predicted molar refractivity (Wildman–Crippen MR) is 235 cm³/mol. The van der Waals surface area contributed by atoms with Gasteiger partial charge in [-0.15, -0.1) is 0 Å². The number of rotatable bonds is 6. The molecule has 0 aliphatic heterocycles. The number of hydrogen-bond donors (Lipinski definition) is 0. The van der Waals surface area contributed by atoms with Crippen LogP contribution in [0.4, 0.5) is 0 Å². The number of furan rings is 1. The molecule has 0 saturated heterocycles. The third-order valence-corrected chi connectivity index (χ3v) is 10.9. The Labute approximate surface area is 329 Å². The number of hydrogen-bond acceptors (Lipinski definition) is 4. The molecule has 266 valence electrons. The molecule has 0 amide bonds. The predicted octanol–water partition coefficient (Wildman–Crippen LogP) is 14.1. The summed E-state index contributed by atoms with van der Waals surface area (Å²) in [5.74, 6) is 1.76. The lowest BCUT2D eigenvalue weighted by Crippen LogP contribution is -2.01. The van der Waals surface area contributed by atoms with Gasteiger partial charge in [0.25, 0.3) is 0 Å². The van der Waals surface area contributed by atoms with Gasteiger partial charge in [0.1, 0.15) is 11.2 Å². The van der Waals surface area contributed by atoms with Gasteiger partial charge in [0.2, 0.25) is 0 Å². The number of para-hydroxylation sites is 1. The molecule has 0 spiro atoms. The Hall–Kier alpha value is -7.69. The minimum Gasteiger partial charge on any atom is -0.455 e. The van der Waals surface area contributed by atoms with Crippen LogP contribution >= 0.6 is 0 Å². The Bertz CT molecular complexity index is 3280. The summed E-state index contributed by atoms with van der Waals surface area (Å²) in [6, 6.07) is 69.8. The van der Waals surface area contributed by atoms with Gasteiger partial charge in [-0.25, -0.2) is 15.0 Å². The van der Waals surface area contributed by atoms with Gasteiger partial charge in [-0.3, -0.25) is 0 Å². The number of fused-ring (bicyclic) bond motifs is 6. The second kappa shape index (κ2) is 13.6. The molecule has 0 N–H and O–H groups in total. The summed E-state index contributed by atoms with van der Waals surface area (Å²) in [7, 11) is 0. The monoisotopic (exact) mass is 727 g/mol. The highest BCUT2D eigenvalue weighted by atomic mass is 16.3. The molecule has 0 unspecified atom stereocenters. The largest absolute Gasteiger partial charge is 0.455 e. The molecule has 0 radical (unpaired) electrons. The molecule has 2 heterocycles. The minimum absolute atomic E-state index is 0.554. The molecule has 0 aliphatic carbocycles. The normalized spacial score (nSPS) is 11.5. The van der Waals surface area contributed by atoms with Gasteiger partial charge in [0.15, 0.2) is 17.5 Å². The van der Waals surface area contributed by atoms with E-state index in [-0.39, 0.29) is 0 Å². The van der Waals surface area contributed by atoms with E-state index in [1.165, 1.54) is 11.1 Å². The lowest BCUT2D eigenvalue weighted by atomic mass is 9.93. The molecule has 0 fully saturated rings. The van der Waals surface area contributed by atoms with Crippen LogP contribution in [0.2, 0.25) is 0 Å². The van der Waals surface area contributed by atoms with Gasteiger partial charge in [-0.2, -0.15) is 0 Å². The summed E-state index contributed by atoms with van der Waals surface area (Å²) in [6.07, 6.45) is 0. The fraction of sp³-hybridized carbons (Fsp3) is 0. The second-order valence-corrected chi connectivity index (χ2v) is 14.3. The molecular weight excluding hydrogens is 695 g/mol. The van der Waals surface area contributed by atoms with Gasteiger partial charge in [0, 0.05) is 32.7 Å². The van der Waals surface area contributed by atoms with Crippen LogP contribution in [0, 0.1) is 0 Å². The van der Waals surface area contributed by atoms with Crippen LogP contribution in [-0.4, -0.2) is 15.0 Å². The van der Waals surface area contributed by atoms with Crippen molar-refractivity contribution < 1.29 is 4.42 Å². The van der Waals surface area contributed by atoms with E-state index in [0.29, 0.717) is 17.5 Å². The maximum atomic E-state index is 6.97. The molecule has 4 nitrogen and oxygen atoms in total. The van der Waals surface area contributed by atoms with Crippen molar-refractivity contribution in [2.45, 2.75) is 0 Å². The van der Waals surface area contributed by atoms with E-state index in [1.807, 2.05) is 36.4 Å². The first-order chi connectivity index (χ1) is 28.3. The van der Waals surface area contributed by atoms with Crippen LogP contribution in [0.25, 0.3) is 111 Å². The van der Waals surface area contributed by atoms with Crippen molar-refractivity contribution >= 4 is 43.5 Å². The SMILES string of the molecule is c1ccc(-c2cccc(-c3cc4c5cccc(-c6nc(-c7ccccc7)nc(-c7cccc8cccc(-c9ccccc9)c78)n6)c5oc4c4ccccc34)c2)cc1. The van der Waals surface area contributed by atoms with Crippen LogP contribution in [0.1, 0.15) is 0 Å². The van der Waals surface area contributed by atoms with E-state index in [1.54, 1.807) is 0 Å². The molecule has 57 heavy (non-hydrogen) atoms.